The van der Waals surface area contributed by atoms with Crippen molar-refractivity contribution in [3.05, 3.63) is 35.4 Å². The van der Waals surface area contributed by atoms with E-state index in [0.29, 0.717) is 19.4 Å². The topological polar surface area (TPSA) is 95.9 Å². The molecule has 1 aromatic carbocycles. The van der Waals surface area contributed by atoms with Crippen molar-refractivity contribution < 1.29 is 23.1 Å². The zero-order valence-corrected chi connectivity index (χ0v) is 13.9. The molecule has 0 radical (unpaired) electrons. The van der Waals surface area contributed by atoms with Crippen molar-refractivity contribution in [3.8, 4) is 0 Å². The summed E-state index contributed by atoms with van der Waals surface area (Å²) in [6, 6.07) is 7.50. The molecule has 0 bridgehead atoms. The second-order valence-corrected chi connectivity index (χ2v) is 7.34. The molecule has 0 saturated carbocycles. The van der Waals surface area contributed by atoms with Crippen molar-refractivity contribution in [1.82, 2.24) is 9.03 Å². The van der Waals surface area contributed by atoms with Gasteiger partial charge >= 0.3 is 5.97 Å². The van der Waals surface area contributed by atoms with Gasteiger partial charge in [0, 0.05) is 26.7 Å². The average molecular weight is 342 g/mol. The lowest BCUT2D eigenvalue weighted by Crippen LogP contribution is -2.45. The third kappa shape index (κ3) is 5.00. The molecule has 0 atom stereocenters. The summed E-state index contributed by atoms with van der Waals surface area (Å²) in [7, 11) is -1.96. The molecule has 1 fully saturated rings. The number of carbonyl (C=O) groups is 1. The van der Waals surface area contributed by atoms with Gasteiger partial charge in [0.25, 0.3) is 10.2 Å². The molecule has 0 aliphatic carbocycles. The maximum absolute atomic E-state index is 12.3. The summed E-state index contributed by atoms with van der Waals surface area (Å²) in [5.74, 6) is -1.30. The Kier molecular flexibility index (Phi) is 6.11. The van der Waals surface area contributed by atoms with Crippen LogP contribution >= 0.6 is 0 Å². The largest absolute Gasteiger partial charge is 0.481 e. The minimum absolute atomic E-state index is 0.203. The average Bonchev–Trinajstić information content (AvgIpc) is 2.55. The van der Waals surface area contributed by atoms with E-state index in [1.54, 1.807) is 7.11 Å². The van der Waals surface area contributed by atoms with Crippen molar-refractivity contribution in [2.45, 2.75) is 26.0 Å². The van der Waals surface area contributed by atoms with Crippen LogP contribution < -0.4 is 4.72 Å². The summed E-state index contributed by atoms with van der Waals surface area (Å²) in [6.07, 6.45) is 0.698. The highest BCUT2D eigenvalue weighted by Gasteiger charge is 2.30. The Balaban J connectivity index is 1.88. The fourth-order valence-electron chi connectivity index (χ4n) is 2.53. The summed E-state index contributed by atoms with van der Waals surface area (Å²) in [4.78, 5) is 10.9. The highest BCUT2D eigenvalue weighted by atomic mass is 32.2. The summed E-state index contributed by atoms with van der Waals surface area (Å²) in [5.41, 5.74) is 1.88. The molecule has 0 spiro atoms. The van der Waals surface area contributed by atoms with E-state index in [1.165, 1.54) is 4.31 Å². The number of ether oxygens (including phenoxy) is 1. The summed E-state index contributed by atoms with van der Waals surface area (Å²) in [6.45, 7) is 1.19. The van der Waals surface area contributed by atoms with Crippen LogP contribution in [0.25, 0.3) is 0 Å². The van der Waals surface area contributed by atoms with Crippen LogP contribution in [0.3, 0.4) is 0 Å². The Hall–Kier alpha value is -1.48. The van der Waals surface area contributed by atoms with E-state index < -0.39 is 22.1 Å². The van der Waals surface area contributed by atoms with Crippen LogP contribution in [0.15, 0.2) is 24.3 Å². The summed E-state index contributed by atoms with van der Waals surface area (Å²) >= 11 is 0. The highest BCUT2D eigenvalue weighted by molar-refractivity contribution is 7.87. The van der Waals surface area contributed by atoms with Gasteiger partial charge in [-0.05, 0) is 24.0 Å². The number of hydrogen-bond donors (Lipinski definition) is 2. The van der Waals surface area contributed by atoms with Crippen LogP contribution in [-0.4, -0.2) is 44.0 Å². The van der Waals surface area contributed by atoms with Crippen LogP contribution in [0.2, 0.25) is 0 Å². The molecule has 2 rings (SSSR count). The van der Waals surface area contributed by atoms with Crippen LogP contribution in [0.5, 0.6) is 0 Å². The second-order valence-electron chi connectivity index (χ2n) is 5.59. The van der Waals surface area contributed by atoms with E-state index in [-0.39, 0.29) is 19.6 Å². The number of nitrogens with one attached hydrogen (secondary N) is 1. The van der Waals surface area contributed by atoms with Gasteiger partial charge in [0.1, 0.15) is 0 Å². The lowest BCUT2D eigenvalue weighted by atomic mass is 9.99. The van der Waals surface area contributed by atoms with Gasteiger partial charge < -0.3 is 9.84 Å². The predicted molar refractivity (Wildman–Crippen MR) is 84.8 cm³/mol. The minimum Gasteiger partial charge on any atom is -0.481 e. The van der Waals surface area contributed by atoms with Crippen LogP contribution in [0.4, 0.5) is 0 Å². The number of carboxylic acid groups (broad SMARTS) is 1. The predicted octanol–water partition coefficient (Wildman–Crippen LogP) is 0.964. The molecule has 2 N–H and O–H groups in total. The summed E-state index contributed by atoms with van der Waals surface area (Å²) in [5, 5.41) is 8.95. The van der Waals surface area contributed by atoms with Gasteiger partial charge in [0.05, 0.1) is 12.5 Å². The standard InChI is InChI=1S/C15H22N2O5S/c1-22-11-13-4-2-12(3-5-13)10-16-23(20,21)17-8-6-14(7-9-17)15(18)19/h2-5,14,16H,6-11H2,1H3,(H,18,19). The monoisotopic (exact) mass is 342 g/mol. The Morgan fingerprint density at radius 3 is 2.35 bits per heavy atom. The first-order valence-corrected chi connectivity index (χ1v) is 8.90. The number of methoxy groups -OCH3 is 1. The Morgan fingerprint density at radius 1 is 1.26 bits per heavy atom. The molecule has 128 valence electrons. The molecule has 1 aromatic rings. The zero-order valence-electron chi connectivity index (χ0n) is 13.1. The first-order valence-electron chi connectivity index (χ1n) is 7.46. The quantitative estimate of drug-likeness (QED) is 0.769. The van der Waals surface area contributed by atoms with Crippen LogP contribution in [0, 0.1) is 5.92 Å². The van der Waals surface area contributed by atoms with Gasteiger partial charge in [-0.3, -0.25) is 4.79 Å². The number of aliphatic carboxylic acids is 1. The highest BCUT2D eigenvalue weighted by Crippen LogP contribution is 2.19. The van der Waals surface area contributed by atoms with Gasteiger partial charge in [-0.25, -0.2) is 0 Å². The molecule has 23 heavy (non-hydrogen) atoms. The van der Waals surface area contributed by atoms with Gasteiger partial charge in [-0.1, -0.05) is 24.3 Å². The number of rotatable bonds is 7. The molecule has 1 heterocycles. The molecule has 1 aliphatic rings. The summed E-state index contributed by atoms with van der Waals surface area (Å²) < 4.78 is 33.4. The van der Waals surface area contributed by atoms with Crippen LogP contribution in [-0.2, 0) is 32.9 Å². The van der Waals surface area contributed by atoms with Gasteiger partial charge in [-0.15, -0.1) is 0 Å². The fraction of sp³-hybridized carbons (Fsp3) is 0.533. The number of nitrogens with zero attached hydrogens (tertiary/aromatic N) is 1. The SMILES string of the molecule is COCc1ccc(CNS(=O)(=O)N2CCC(C(=O)O)CC2)cc1. The van der Waals surface area contributed by atoms with E-state index in [9.17, 15) is 13.2 Å². The third-order valence-corrected chi connectivity index (χ3v) is 5.49. The van der Waals surface area contributed by atoms with Crippen molar-refractivity contribution in [2.24, 2.45) is 5.92 Å². The smallest absolute Gasteiger partial charge is 0.306 e. The molecule has 1 saturated heterocycles. The van der Waals surface area contributed by atoms with Crippen LogP contribution in [0.1, 0.15) is 24.0 Å². The fourth-order valence-corrected chi connectivity index (χ4v) is 3.75. The molecule has 0 aromatic heterocycles. The van der Waals surface area contributed by atoms with Crippen molar-refractivity contribution >= 4 is 16.2 Å². The Morgan fingerprint density at radius 2 is 1.83 bits per heavy atom. The van der Waals surface area contributed by atoms with E-state index in [0.717, 1.165) is 11.1 Å². The van der Waals surface area contributed by atoms with Crippen molar-refractivity contribution in [3.63, 3.8) is 0 Å². The molecular weight excluding hydrogens is 320 g/mol. The third-order valence-electron chi connectivity index (χ3n) is 3.94. The number of piperidine rings is 1. The number of benzene rings is 1. The molecular formula is C15H22N2O5S. The minimum atomic E-state index is -3.59. The van der Waals surface area contributed by atoms with Crippen molar-refractivity contribution in [1.29, 1.82) is 0 Å². The molecule has 0 unspecified atom stereocenters. The molecule has 7 nitrogen and oxygen atoms in total. The molecule has 1 aliphatic heterocycles. The van der Waals surface area contributed by atoms with E-state index in [4.69, 9.17) is 9.84 Å². The van der Waals surface area contributed by atoms with Gasteiger partial charge in [-0.2, -0.15) is 17.4 Å². The zero-order chi connectivity index (χ0) is 16.9. The van der Waals surface area contributed by atoms with E-state index in [2.05, 4.69) is 4.72 Å². The van der Waals surface area contributed by atoms with E-state index in [1.807, 2.05) is 24.3 Å². The molecule has 0 amide bonds. The second kappa shape index (κ2) is 7.87. The first-order chi connectivity index (χ1) is 10.9. The van der Waals surface area contributed by atoms with Gasteiger partial charge in [0.15, 0.2) is 0 Å². The van der Waals surface area contributed by atoms with Crippen molar-refractivity contribution in [2.75, 3.05) is 20.2 Å². The lowest BCUT2D eigenvalue weighted by Gasteiger charge is -2.29. The Labute approximate surface area is 136 Å². The maximum atomic E-state index is 12.3. The Bertz CT molecular complexity index is 622. The molecule has 8 heteroatoms. The first kappa shape index (κ1) is 17.9. The lowest BCUT2D eigenvalue weighted by molar-refractivity contribution is -0.142. The number of hydrogen-bond acceptors (Lipinski definition) is 4. The normalized spacial score (nSPS) is 17.3. The van der Waals surface area contributed by atoms with E-state index >= 15 is 0 Å². The maximum Gasteiger partial charge on any atom is 0.306 e. The number of carboxylic acids is 1. The van der Waals surface area contributed by atoms with Gasteiger partial charge in [0.2, 0.25) is 0 Å².